The molecule has 1 heterocycles. The summed E-state index contributed by atoms with van der Waals surface area (Å²) in [6.45, 7) is 3.84. The number of hydrogen-bond donors (Lipinski definition) is 2. The van der Waals surface area contributed by atoms with E-state index in [-0.39, 0.29) is 5.75 Å². The molecule has 2 aromatic carbocycles. The van der Waals surface area contributed by atoms with Gasteiger partial charge in [0.2, 0.25) is 5.88 Å². The molecule has 152 valence electrons. The largest absolute Gasteiger partial charge is 0.504 e. The Labute approximate surface area is 171 Å². The minimum absolute atomic E-state index is 0.126. The summed E-state index contributed by atoms with van der Waals surface area (Å²) >= 11 is 0. The van der Waals surface area contributed by atoms with E-state index in [4.69, 9.17) is 14.2 Å². The van der Waals surface area contributed by atoms with Crippen molar-refractivity contribution in [1.29, 1.82) is 0 Å². The number of aromatic nitrogens is 1. The molecule has 0 spiro atoms. The number of aromatic hydroxyl groups is 1. The molecule has 0 aliphatic carbocycles. The summed E-state index contributed by atoms with van der Waals surface area (Å²) in [6, 6.07) is 16.8. The second kappa shape index (κ2) is 10.3. The van der Waals surface area contributed by atoms with Gasteiger partial charge in [-0.15, -0.1) is 0 Å². The first kappa shape index (κ1) is 20.5. The van der Waals surface area contributed by atoms with E-state index in [1.165, 1.54) is 7.11 Å². The van der Waals surface area contributed by atoms with Crippen molar-refractivity contribution in [2.75, 3.05) is 13.7 Å². The quantitative estimate of drug-likeness (QED) is 0.521. The molecule has 0 radical (unpaired) electrons. The van der Waals surface area contributed by atoms with Gasteiger partial charge in [-0.25, -0.2) is 4.98 Å². The summed E-state index contributed by atoms with van der Waals surface area (Å²) in [6.07, 6.45) is 2.63. The first-order chi connectivity index (χ1) is 14.2. The van der Waals surface area contributed by atoms with Crippen molar-refractivity contribution in [2.24, 2.45) is 0 Å². The second-order valence-electron chi connectivity index (χ2n) is 6.47. The fraction of sp³-hybridized carbons (Fsp3) is 0.261. The van der Waals surface area contributed by atoms with Gasteiger partial charge in [-0.3, -0.25) is 0 Å². The zero-order valence-corrected chi connectivity index (χ0v) is 16.7. The van der Waals surface area contributed by atoms with Crippen LogP contribution in [-0.2, 0) is 13.1 Å². The molecule has 3 rings (SSSR count). The minimum Gasteiger partial charge on any atom is -0.504 e. The molecule has 0 amide bonds. The molecule has 0 saturated carbocycles. The van der Waals surface area contributed by atoms with E-state index >= 15 is 0 Å². The highest BCUT2D eigenvalue weighted by Crippen LogP contribution is 2.32. The molecule has 0 aliphatic heterocycles. The van der Waals surface area contributed by atoms with Crippen LogP contribution in [0.25, 0.3) is 0 Å². The predicted octanol–water partition coefficient (Wildman–Crippen LogP) is 4.67. The van der Waals surface area contributed by atoms with Crippen LogP contribution in [0.1, 0.15) is 24.5 Å². The Morgan fingerprint density at radius 1 is 0.966 bits per heavy atom. The number of phenolic OH excluding ortho intramolecular Hbond substituents is 1. The maximum absolute atomic E-state index is 9.91. The van der Waals surface area contributed by atoms with Crippen molar-refractivity contribution in [3.05, 3.63) is 71.9 Å². The van der Waals surface area contributed by atoms with Crippen molar-refractivity contribution >= 4 is 0 Å². The van der Waals surface area contributed by atoms with Crippen molar-refractivity contribution in [3.63, 3.8) is 0 Å². The van der Waals surface area contributed by atoms with Gasteiger partial charge in [-0.1, -0.05) is 31.2 Å². The number of phenols is 1. The number of rotatable bonds is 10. The van der Waals surface area contributed by atoms with Crippen LogP contribution in [-0.4, -0.2) is 23.8 Å². The van der Waals surface area contributed by atoms with Crippen LogP contribution in [0.3, 0.4) is 0 Å². The molecule has 29 heavy (non-hydrogen) atoms. The topological polar surface area (TPSA) is 72.8 Å². The average molecular weight is 394 g/mol. The standard InChI is InChI=1S/C23H26N2O4/c1-3-13-28-21-8-4-5-9-22(21)29-23-18(7-6-12-25-23)16-24-15-17-10-11-20(27-2)19(26)14-17/h4-12,14,24,26H,3,13,15-16H2,1-2H3. The van der Waals surface area contributed by atoms with Crippen LogP contribution in [0.5, 0.6) is 28.9 Å². The van der Waals surface area contributed by atoms with E-state index in [9.17, 15) is 5.11 Å². The fourth-order valence-corrected chi connectivity index (χ4v) is 2.81. The number of para-hydroxylation sites is 2. The monoisotopic (exact) mass is 394 g/mol. The zero-order chi connectivity index (χ0) is 20.5. The number of hydrogen-bond acceptors (Lipinski definition) is 6. The van der Waals surface area contributed by atoms with Crippen LogP contribution in [0.15, 0.2) is 60.8 Å². The number of ether oxygens (including phenoxy) is 3. The summed E-state index contributed by atoms with van der Waals surface area (Å²) in [5.74, 6) is 2.46. The van der Waals surface area contributed by atoms with Crippen molar-refractivity contribution in [2.45, 2.75) is 26.4 Å². The van der Waals surface area contributed by atoms with Gasteiger partial charge in [0.05, 0.1) is 13.7 Å². The SMILES string of the molecule is CCCOc1ccccc1Oc1ncccc1CNCc1ccc(OC)c(O)c1. The number of methoxy groups -OCH3 is 1. The molecule has 0 saturated heterocycles. The molecule has 6 nitrogen and oxygen atoms in total. The van der Waals surface area contributed by atoms with Crippen molar-refractivity contribution in [3.8, 4) is 28.9 Å². The van der Waals surface area contributed by atoms with E-state index in [1.54, 1.807) is 18.3 Å². The highest BCUT2D eigenvalue weighted by atomic mass is 16.5. The van der Waals surface area contributed by atoms with Gasteiger partial charge in [-0.05, 0) is 42.3 Å². The van der Waals surface area contributed by atoms with Crippen LogP contribution < -0.4 is 19.5 Å². The Morgan fingerprint density at radius 2 is 1.79 bits per heavy atom. The summed E-state index contributed by atoms with van der Waals surface area (Å²) in [7, 11) is 1.53. The lowest BCUT2D eigenvalue weighted by Crippen LogP contribution is -2.13. The van der Waals surface area contributed by atoms with Gasteiger partial charge >= 0.3 is 0 Å². The highest BCUT2D eigenvalue weighted by molar-refractivity contribution is 5.43. The summed E-state index contributed by atoms with van der Waals surface area (Å²) < 4.78 is 16.9. The molecular formula is C23H26N2O4. The van der Waals surface area contributed by atoms with E-state index in [1.807, 2.05) is 42.5 Å². The van der Waals surface area contributed by atoms with E-state index < -0.39 is 0 Å². The summed E-state index contributed by atoms with van der Waals surface area (Å²) in [5.41, 5.74) is 1.88. The van der Waals surface area contributed by atoms with E-state index in [0.29, 0.717) is 42.8 Å². The fourth-order valence-electron chi connectivity index (χ4n) is 2.81. The molecule has 3 aromatic rings. The Hall–Kier alpha value is -3.25. The van der Waals surface area contributed by atoms with Crippen LogP contribution in [0.2, 0.25) is 0 Å². The Balaban J connectivity index is 1.66. The van der Waals surface area contributed by atoms with Gasteiger partial charge in [0.1, 0.15) is 0 Å². The molecular weight excluding hydrogens is 368 g/mol. The number of pyridine rings is 1. The lowest BCUT2D eigenvalue weighted by Gasteiger charge is -2.14. The maximum Gasteiger partial charge on any atom is 0.223 e. The minimum atomic E-state index is 0.126. The Morgan fingerprint density at radius 3 is 2.55 bits per heavy atom. The lowest BCUT2D eigenvalue weighted by atomic mass is 10.2. The lowest BCUT2D eigenvalue weighted by molar-refractivity contribution is 0.300. The first-order valence-corrected chi connectivity index (χ1v) is 9.61. The van der Waals surface area contributed by atoms with E-state index in [0.717, 1.165) is 17.5 Å². The third-order valence-electron chi connectivity index (χ3n) is 4.26. The van der Waals surface area contributed by atoms with Crippen LogP contribution in [0, 0.1) is 0 Å². The molecule has 6 heteroatoms. The molecule has 0 unspecified atom stereocenters. The molecule has 1 aromatic heterocycles. The predicted molar refractivity (Wildman–Crippen MR) is 112 cm³/mol. The van der Waals surface area contributed by atoms with Gasteiger partial charge in [0.25, 0.3) is 0 Å². The van der Waals surface area contributed by atoms with Crippen molar-refractivity contribution < 1.29 is 19.3 Å². The smallest absolute Gasteiger partial charge is 0.223 e. The van der Waals surface area contributed by atoms with Gasteiger partial charge in [0, 0.05) is 24.8 Å². The van der Waals surface area contributed by atoms with Crippen LogP contribution >= 0.6 is 0 Å². The second-order valence-corrected chi connectivity index (χ2v) is 6.47. The summed E-state index contributed by atoms with van der Waals surface area (Å²) in [5, 5.41) is 13.3. The Bertz CT molecular complexity index is 930. The molecule has 0 bridgehead atoms. The molecule has 0 atom stereocenters. The highest BCUT2D eigenvalue weighted by Gasteiger charge is 2.10. The third-order valence-corrected chi connectivity index (χ3v) is 4.26. The number of nitrogens with one attached hydrogen (secondary N) is 1. The third kappa shape index (κ3) is 5.62. The zero-order valence-electron chi connectivity index (χ0n) is 16.7. The van der Waals surface area contributed by atoms with Gasteiger partial charge in [0.15, 0.2) is 23.0 Å². The van der Waals surface area contributed by atoms with E-state index in [2.05, 4.69) is 17.2 Å². The maximum atomic E-state index is 9.91. The van der Waals surface area contributed by atoms with Crippen molar-refractivity contribution in [1.82, 2.24) is 10.3 Å². The van der Waals surface area contributed by atoms with Gasteiger partial charge in [-0.2, -0.15) is 0 Å². The number of nitrogens with zero attached hydrogens (tertiary/aromatic N) is 1. The number of benzene rings is 2. The van der Waals surface area contributed by atoms with Gasteiger partial charge < -0.3 is 24.6 Å². The average Bonchev–Trinajstić information content (AvgIpc) is 2.74. The molecule has 0 aliphatic rings. The van der Waals surface area contributed by atoms with Crippen LogP contribution in [0.4, 0.5) is 0 Å². The molecule has 0 fully saturated rings. The summed E-state index contributed by atoms with van der Waals surface area (Å²) in [4.78, 5) is 4.38. The normalized spacial score (nSPS) is 10.6. The molecule has 2 N–H and O–H groups in total. The first-order valence-electron chi connectivity index (χ1n) is 9.61. The Kier molecular flexibility index (Phi) is 7.30.